The van der Waals surface area contributed by atoms with Crippen LogP contribution in [0.1, 0.15) is 34.5 Å². The highest BCUT2D eigenvalue weighted by atomic mass is 32.2. The molecule has 0 spiro atoms. The molecule has 2 rings (SSSR count). The molecule has 1 unspecified atom stereocenters. The molecule has 2 aromatic carbocycles. The van der Waals surface area contributed by atoms with E-state index in [0.717, 1.165) is 18.4 Å². The lowest BCUT2D eigenvalue weighted by atomic mass is 10.1. The van der Waals surface area contributed by atoms with Crippen molar-refractivity contribution < 1.29 is 22.0 Å². The van der Waals surface area contributed by atoms with E-state index in [4.69, 9.17) is 0 Å². The summed E-state index contributed by atoms with van der Waals surface area (Å²) in [6, 6.07) is 8.64. The Balaban J connectivity index is 2.09. The van der Waals surface area contributed by atoms with Gasteiger partial charge in [-0.2, -0.15) is 0 Å². The van der Waals surface area contributed by atoms with Crippen molar-refractivity contribution in [3.05, 3.63) is 70.8 Å². The van der Waals surface area contributed by atoms with Crippen molar-refractivity contribution in [3.8, 4) is 0 Å². The zero-order valence-electron chi connectivity index (χ0n) is 13.2. The van der Waals surface area contributed by atoms with Crippen molar-refractivity contribution >= 4 is 15.7 Å². The second-order valence-corrected chi connectivity index (χ2v) is 7.77. The summed E-state index contributed by atoms with van der Waals surface area (Å²) in [6.07, 6.45) is 1.13. The summed E-state index contributed by atoms with van der Waals surface area (Å²) in [5.74, 6) is -1.95. The van der Waals surface area contributed by atoms with E-state index in [1.54, 1.807) is 19.1 Å². The number of halogens is 2. The molecule has 0 aromatic heterocycles. The number of amides is 1. The van der Waals surface area contributed by atoms with E-state index in [0.29, 0.717) is 11.1 Å². The zero-order valence-corrected chi connectivity index (χ0v) is 14.0. The average molecular weight is 353 g/mol. The number of carbonyl (C=O) groups is 1. The maximum Gasteiger partial charge on any atom is 0.251 e. The second-order valence-electron chi connectivity index (χ2n) is 5.63. The van der Waals surface area contributed by atoms with E-state index in [-0.39, 0.29) is 11.3 Å². The van der Waals surface area contributed by atoms with Crippen LogP contribution in [0.4, 0.5) is 8.78 Å². The number of benzene rings is 2. The quantitative estimate of drug-likeness (QED) is 0.899. The molecule has 0 fully saturated rings. The third-order valence-electron chi connectivity index (χ3n) is 3.42. The fourth-order valence-electron chi connectivity index (χ4n) is 2.27. The summed E-state index contributed by atoms with van der Waals surface area (Å²) in [6.45, 7) is 1.59. The van der Waals surface area contributed by atoms with Gasteiger partial charge in [-0.1, -0.05) is 18.2 Å². The molecular weight excluding hydrogens is 336 g/mol. The monoisotopic (exact) mass is 353 g/mol. The summed E-state index contributed by atoms with van der Waals surface area (Å²) in [4.78, 5) is 12.2. The van der Waals surface area contributed by atoms with Gasteiger partial charge in [-0.25, -0.2) is 17.2 Å². The second kappa shape index (κ2) is 7.09. The molecule has 128 valence electrons. The number of nitrogens with one attached hydrogen (secondary N) is 1. The van der Waals surface area contributed by atoms with Crippen molar-refractivity contribution in [2.75, 3.05) is 6.26 Å². The molecule has 1 N–H and O–H groups in total. The molecule has 2 aromatic rings. The number of sulfone groups is 1. The van der Waals surface area contributed by atoms with Gasteiger partial charge >= 0.3 is 0 Å². The highest BCUT2D eigenvalue weighted by Gasteiger charge is 2.15. The van der Waals surface area contributed by atoms with Crippen LogP contribution in [0.5, 0.6) is 0 Å². The summed E-state index contributed by atoms with van der Waals surface area (Å²) < 4.78 is 49.1. The van der Waals surface area contributed by atoms with Crippen LogP contribution in [-0.2, 0) is 15.6 Å². The third-order valence-corrected chi connectivity index (χ3v) is 4.28. The van der Waals surface area contributed by atoms with E-state index >= 15 is 0 Å². The summed E-state index contributed by atoms with van der Waals surface area (Å²) in [7, 11) is -3.15. The van der Waals surface area contributed by atoms with Crippen LogP contribution < -0.4 is 5.32 Å². The fourth-order valence-corrected chi connectivity index (χ4v) is 3.06. The van der Waals surface area contributed by atoms with E-state index in [9.17, 15) is 22.0 Å². The van der Waals surface area contributed by atoms with E-state index in [1.165, 1.54) is 18.2 Å². The Labute approximate surface area is 139 Å². The Morgan fingerprint density at radius 3 is 2.29 bits per heavy atom. The van der Waals surface area contributed by atoms with Crippen LogP contribution in [0.2, 0.25) is 0 Å². The summed E-state index contributed by atoms with van der Waals surface area (Å²) in [5, 5.41) is 2.62. The van der Waals surface area contributed by atoms with Gasteiger partial charge in [0.15, 0.2) is 9.84 Å². The SMILES string of the molecule is CC(NC(=O)c1ccc(CS(C)(=O)=O)cc1)c1ccc(F)cc1F. The van der Waals surface area contributed by atoms with Crippen LogP contribution in [0.3, 0.4) is 0 Å². The number of hydrogen-bond acceptors (Lipinski definition) is 3. The fraction of sp³-hybridized carbons (Fsp3) is 0.235. The van der Waals surface area contributed by atoms with Gasteiger partial charge in [0, 0.05) is 23.4 Å². The van der Waals surface area contributed by atoms with E-state index < -0.39 is 33.4 Å². The Kier molecular flexibility index (Phi) is 5.33. The molecule has 4 nitrogen and oxygen atoms in total. The Morgan fingerprint density at radius 2 is 1.75 bits per heavy atom. The Hall–Kier alpha value is -2.28. The standard InChI is InChI=1S/C17H17F2NO3S/c1-11(15-8-7-14(18)9-16(15)19)20-17(21)13-5-3-12(4-6-13)10-24(2,22)23/h3-9,11H,10H2,1-2H3,(H,20,21). The minimum atomic E-state index is -3.15. The van der Waals surface area contributed by atoms with Crippen LogP contribution >= 0.6 is 0 Å². The number of carbonyl (C=O) groups excluding carboxylic acids is 1. The van der Waals surface area contributed by atoms with Gasteiger partial charge in [-0.3, -0.25) is 4.79 Å². The molecule has 0 aliphatic heterocycles. The first-order valence-corrected chi connectivity index (χ1v) is 9.24. The van der Waals surface area contributed by atoms with Gasteiger partial charge in [0.1, 0.15) is 11.6 Å². The number of rotatable bonds is 5. The maximum atomic E-state index is 13.7. The molecule has 0 bridgehead atoms. The summed E-state index contributed by atoms with van der Waals surface area (Å²) in [5.41, 5.74) is 1.08. The largest absolute Gasteiger partial charge is 0.345 e. The first-order valence-electron chi connectivity index (χ1n) is 7.18. The number of hydrogen-bond donors (Lipinski definition) is 1. The molecule has 0 saturated heterocycles. The van der Waals surface area contributed by atoms with Crippen LogP contribution in [0.25, 0.3) is 0 Å². The van der Waals surface area contributed by atoms with Gasteiger partial charge in [-0.15, -0.1) is 0 Å². The van der Waals surface area contributed by atoms with Gasteiger partial charge in [0.2, 0.25) is 0 Å². The smallest absolute Gasteiger partial charge is 0.251 e. The van der Waals surface area contributed by atoms with E-state index in [2.05, 4.69) is 5.32 Å². The molecule has 0 aliphatic carbocycles. The first-order chi connectivity index (χ1) is 11.2. The molecule has 0 aliphatic rings. The lowest BCUT2D eigenvalue weighted by Gasteiger charge is -2.15. The van der Waals surface area contributed by atoms with Gasteiger partial charge in [0.05, 0.1) is 11.8 Å². The van der Waals surface area contributed by atoms with Crippen molar-refractivity contribution in [1.29, 1.82) is 0 Å². The molecule has 0 saturated carbocycles. The molecular formula is C17H17F2NO3S. The van der Waals surface area contributed by atoms with Crippen molar-refractivity contribution in [1.82, 2.24) is 5.32 Å². The van der Waals surface area contributed by atoms with Crippen LogP contribution in [-0.4, -0.2) is 20.6 Å². The van der Waals surface area contributed by atoms with E-state index in [1.807, 2.05) is 0 Å². The minimum Gasteiger partial charge on any atom is -0.345 e. The molecule has 0 radical (unpaired) electrons. The minimum absolute atomic E-state index is 0.105. The van der Waals surface area contributed by atoms with Crippen LogP contribution in [0.15, 0.2) is 42.5 Å². The molecule has 0 heterocycles. The van der Waals surface area contributed by atoms with Gasteiger partial charge < -0.3 is 5.32 Å². The van der Waals surface area contributed by atoms with Gasteiger partial charge in [0.25, 0.3) is 5.91 Å². The summed E-state index contributed by atoms with van der Waals surface area (Å²) >= 11 is 0. The molecule has 7 heteroatoms. The molecule has 24 heavy (non-hydrogen) atoms. The topological polar surface area (TPSA) is 63.2 Å². The maximum absolute atomic E-state index is 13.7. The average Bonchev–Trinajstić information content (AvgIpc) is 2.45. The van der Waals surface area contributed by atoms with Crippen molar-refractivity contribution in [2.24, 2.45) is 0 Å². The molecule has 1 amide bonds. The zero-order chi connectivity index (χ0) is 17.9. The highest BCUT2D eigenvalue weighted by molar-refractivity contribution is 7.89. The van der Waals surface area contributed by atoms with Crippen molar-refractivity contribution in [3.63, 3.8) is 0 Å². The lowest BCUT2D eigenvalue weighted by molar-refractivity contribution is 0.0939. The van der Waals surface area contributed by atoms with Gasteiger partial charge in [-0.05, 0) is 30.7 Å². The first kappa shape index (κ1) is 18.1. The predicted molar refractivity (Wildman–Crippen MR) is 87.2 cm³/mol. The van der Waals surface area contributed by atoms with Crippen LogP contribution in [0, 0.1) is 11.6 Å². The Bertz CT molecular complexity index is 849. The third kappa shape index (κ3) is 4.86. The van der Waals surface area contributed by atoms with Crippen molar-refractivity contribution in [2.45, 2.75) is 18.7 Å². The normalized spacial score (nSPS) is 12.7. The predicted octanol–water partition coefficient (Wildman–Crippen LogP) is 3.00. The Morgan fingerprint density at radius 1 is 1.12 bits per heavy atom. The lowest BCUT2D eigenvalue weighted by Crippen LogP contribution is -2.27. The molecule has 1 atom stereocenters. The highest BCUT2D eigenvalue weighted by Crippen LogP contribution is 2.18.